The second kappa shape index (κ2) is 6.62. The molecule has 3 aromatic rings. The van der Waals surface area contributed by atoms with Crippen molar-refractivity contribution in [2.24, 2.45) is 5.73 Å². The van der Waals surface area contributed by atoms with Crippen molar-refractivity contribution in [3.8, 4) is 0 Å². The average molecular weight is 303 g/mol. The van der Waals surface area contributed by atoms with Crippen molar-refractivity contribution in [3.05, 3.63) is 72.4 Å². The van der Waals surface area contributed by atoms with Crippen molar-refractivity contribution in [2.75, 3.05) is 5.32 Å². The highest BCUT2D eigenvalue weighted by atomic mass is 14.8. The molecule has 23 heavy (non-hydrogen) atoms. The predicted octanol–water partition coefficient (Wildman–Crippen LogP) is 3.59. The van der Waals surface area contributed by atoms with Gasteiger partial charge in [0.25, 0.3) is 0 Å². The van der Waals surface area contributed by atoms with Gasteiger partial charge in [-0.3, -0.25) is 4.98 Å². The Labute approximate surface area is 134 Å². The Morgan fingerprint density at radius 3 is 3.00 bits per heavy atom. The number of benzene rings is 1. The van der Waals surface area contributed by atoms with E-state index in [2.05, 4.69) is 21.4 Å². The van der Waals surface area contributed by atoms with E-state index in [0.29, 0.717) is 5.57 Å². The van der Waals surface area contributed by atoms with Crippen LogP contribution in [0.5, 0.6) is 0 Å². The summed E-state index contributed by atoms with van der Waals surface area (Å²) in [4.78, 5) is 7.30. The molecule has 0 aliphatic carbocycles. The lowest BCUT2D eigenvalue weighted by Crippen LogP contribution is -1.95. The van der Waals surface area contributed by atoms with Crippen LogP contribution in [0.4, 0.5) is 5.69 Å². The topological polar surface area (TPSA) is 90.6 Å². The van der Waals surface area contributed by atoms with Crippen molar-refractivity contribution < 1.29 is 0 Å². The van der Waals surface area contributed by atoms with Gasteiger partial charge in [-0.15, -0.1) is 0 Å². The molecule has 5 heteroatoms. The number of nitrogens with one attached hydrogen (secondary N) is 3. The number of allylic oxidation sites excluding steroid dienone is 1. The number of nitrogens with two attached hydrogens (primary N) is 1. The molecule has 2 heterocycles. The fourth-order valence-corrected chi connectivity index (χ4v) is 2.39. The molecule has 3 rings (SSSR count). The van der Waals surface area contributed by atoms with Crippen LogP contribution in [0.3, 0.4) is 0 Å². The highest BCUT2D eigenvalue weighted by Gasteiger charge is 2.03. The van der Waals surface area contributed by atoms with Gasteiger partial charge in [-0.1, -0.05) is 0 Å². The number of aromatic nitrogens is 2. The van der Waals surface area contributed by atoms with Gasteiger partial charge in [0.15, 0.2) is 0 Å². The number of aromatic amines is 1. The summed E-state index contributed by atoms with van der Waals surface area (Å²) in [6.45, 7) is 0. The predicted molar refractivity (Wildman–Crippen MR) is 96.1 cm³/mol. The number of anilines is 1. The van der Waals surface area contributed by atoms with Crippen molar-refractivity contribution in [3.63, 3.8) is 0 Å². The number of hydrogen-bond donors (Lipinski definition) is 4. The van der Waals surface area contributed by atoms with E-state index in [0.717, 1.165) is 27.7 Å². The first-order valence-electron chi connectivity index (χ1n) is 7.19. The zero-order valence-electron chi connectivity index (χ0n) is 12.5. The zero-order valence-corrected chi connectivity index (χ0v) is 12.5. The molecule has 0 atom stereocenters. The number of pyridine rings is 1. The Balaban J connectivity index is 1.81. The molecule has 1 aromatic carbocycles. The van der Waals surface area contributed by atoms with Gasteiger partial charge in [-0.2, -0.15) is 0 Å². The van der Waals surface area contributed by atoms with Crippen LogP contribution >= 0.6 is 0 Å². The van der Waals surface area contributed by atoms with Crippen LogP contribution in [0.25, 0.3) is 22.6 Å². The fourth-order valence-electron chi connectivity index (χ4n) is 2.39. The van der Waals surface area contributed by atoms with Crippen molar-refractivity contribution in [1.29, 1.82) is 5.41 Å². The van der Waals surface area contributed by atoms with E-state index in [1.807, 2.05) is 42.7 Å². The van der Waals surface area contributed by atoms with Crippen LogP contribution in [0.1, 0.15) is 11.1 Å². The summed E-state index contributed by atoms with van der Waals surface area (Å²) in [5.74, 6) is 0. The SMILES string of the molecule is N=CC(=CN)c1ccncc1/C=C/Nc1ccc2[nH]ccc2c1. The van der Waals surface area contributed by atoms with Crippen molar-refractivity contribution in [2.45, 2.75) is 0 Å². The summed E-state index contributed by atoms with van der Waals surface area (Å²) >= 11 is 0. The third-order valence-corrected chi connectivity index (χ3v) is 3.56. The summed E-state index contributed by atoms with van der Waals surface area (Å²) in [6, 6.07) is 9.99. The molecular weight excluding hydrogens is 286 g/mol. The monoisotopic (exact) mass is 303 g/mol. The molecule has 0 saturated carbocycles. The normalized spacial score (nSPS) is 11.9. The highest BCUT2D eigenvalue weighted by Crippen LogP contribution is 2.19. The van der Waals surface area contributed by atoms with Gasteiger partial charge < -0.3 is 21.4 Å². The van der Waals surface area contributed by atoms with Gasteiger partial charge in [0.05, 0.1) is 0 Å². The number of H-pyrrole nitrogens is 1. The molecule has 0 radical (unpaired) electrons. The van der Waals surface area contributed by atoms with E-state index in [1.165, 1.54) is 12.4 Å². The van der Waals surface area contributed by atoms with E-state index < -0.39 is 0 Å². The first-order valence-corrected chi connectivity index (χ1v) is 7.19. The second-order valence-corrected chi connectivity index (χ2v) is 4.99. The van der Waals surface area contributed by atoms with E-state index in [9.17, 15) is 0 Å². The molecule has 2 aromatic heterocycles. The largest absolute Gasteiger partial charge is 0.404 e. The summed E-state index contributed by atoms with van der Waals surface area (Å²) in [5.41, 5.74) is 10.1. The van der Waals surface area contributed by atoms with Gasteiger partial charge in [0.1, 0.15) is 0 Å². The van der Waals surface area contributed by atoms with Crippen LogP contribution < -0.4 is 11.1 Å². The first kappa shape index (κ1) is 14.6. The molecule has 0 amide bonds. The molecule has 0 bridgehead atoms. The lowest BCUT2D eigenvalue weighted by molar-refractivity contribution is 1.30. The maximum Gasteiger partial charge on any atom is 0.0455 e. The zero-order chi connectivity index (χ0) is 16.1. The molecule has 5 N–H and O–H groups in total. The minimum absolute atomic E-state index is 0.654. The summed E-state index contributed by atoms with van der Waals surface area (Å²) < 4.78 is 0. The Morgan fingerprint density at radius 2 is 2.17 bits per heavy atom. The van der Waals surface area contributed by atoms with Crippen LogP contribution in [-0.4, -0.2) is 16.2 Å². The average Bonchev–Trinajstić information content (AvgIpc) is 3.05. The first-order chi connectivity index (χ1) is 11.3. The fraction of sp³-hybridized carbons (Fsp3) is 0. The van der Waals surface area contributed by atoms with E-state index in [-0.39, 0.29) is 0 Å². The Bertz CT molecular complexity index is 889. The van der Waals surface area contributed by atoms with Gasteiger partial charge in [-0.05, 0) is 42.0 Å². The Morgan fingerprint density at radius 1 is 1.26 bits per heavy atom. The smallest absolute Gasteiger partial charge is 0.0455 e. The van der Waals surface area contributed by atoms with Crippen LogP contribution in [0.15, 0.2) is 61.3 Å². The number of fused-ring (bicyclic) bond motifs is 1. The number of hydrogen-bond acceptors (Lipinski definition) is 4. The van der Waals surface area contributed by atoms with Crippen molar-refractivity contribution >= 4 is 34.5 Å². The van der Waals surface area contributed by atoms with Gasteiger partial charge in [0, 0.05) is 64.9 Å². The van der Waals surface area contributed by atoms with Gasteiger partial charge in [-0.25, -0.2) is 0 Å². The third kappa shape index (κ3) is 3.13. The summed E-state index contributed by atoms with van der Waals surface area (Å²) in [6.07, 6.45) is 11.8. The molecular formula is C18H17N5. The molecule has 0 aliphatic rings. The number of nitrogens with zero attached hydrogens (tertiary/aromatic N) is 1. The van der Waals surface area contributed by atoms with Crippen molar-refractivity contribution in [1.82, 2.24) is 9.97 Å². The van der Waals surface area contributed by atoms with Crippen LogP contribution in [-0.2, 0) is 0 Å². The molecule has 114 valence electrons. The Hall–Kier alpha value is -3.34. The standard InChI is InChI=1S/C18H17N5/c19-10-15(11-20)17-5-6-21-12-14(17)4-7-22-16-1-2-18-13(9-16)3-8-23-18/h1-12,19,22-23H,20H2/b7-4+,15-11?,19-10?. The lowest BCUT2D eigenvalue weighted by atomic mass is 10.0. The molecule has 0 saturated heterocycles. The second-order valence-electron chi connectivity index (χ2n) is 4.99. The molecule has 0 unspecified atom stereocenters. The van der Waals surface area contributed by atoms with Gasteiger partial charge >= 0.3 is 0 Å². The molecule has 0 spiro atoms. The maximum absolute atomic E-state index is 7.43. The van der Waals surface area contributed by atoms with E-state index in [4.69, 9.17) is 11.1 Å². The Kier molecular flexibility index (Phi) is 4.20. The van der Waals surface area contributed by atoms with Crippen LogP contribution in [0, 0.1) is 5.41 Å². The number of rotatable bonds is 5. The minimum atomic E-state index is 0.654. The molecule has 0 fully saturated rings. The van der Waals surface area contributed by atoms with E-state index in [1.54, 1.807) is 12.4 Å². The third-order valence-electron chi connectivity index (χ3n) is 3.56. The van der Waals surface area contributed by atoms with Gasteiger partial charge in [0.2, 0.25) is 0 Å². The highest BCUT2D eigenvalue weighted by molar-refractivity contribution is 6.09. The minimum Gasteiger partial charge on any atom is -0.404 e. The summed E-state index contributed by atoms with van der Waals surface area (Å²) in [5, 5.41) is 11.8. The molecule has 5 nitrogen and oxygen atoms in total. The van der Waals surface area contributed by atoms with E-state index >= 15 is 0 Å². The lowest BCUT2D eigenvalue weighted by Gasteiger charge is -2.06. The van der Waals surface area contributed by atoms with Crippen LogP contribution in [0.2, 0.25) is 0 Å². The quantitative estimate of drug-likeness (QED) is 0.543. The summed E-state index contributed by atoms with van der Waals surface area (Å²) in [7, 11) is 0. The molecule has 0 aliphatic heterocycles. The maximum atomic E-state index is 7.43.